The minimum Gasteiger partial charge on any atom is -0.454 e. The Kier molecular flexibility index (Phi) is 6.86. The van der Waals surface area contributed by atoms with E-state index in [4.69, 9.17) is 4.74 Å². The van der Waals surface area contributed by atoms with E-state index in [-0.39, 0.29) is 35.0 Å². The zero-order valence-electron chi connectivity index (χ0n) is 17.7. The quantitative estimate of drug-likeness (QED) is 0.501. The van der Waals surface area contributed by atoms with Gasteiger partial charge in [-0.15, -0.1) is 23.1 Å². The molecule has 1 aliphatic rings. The van der Waals surface area contributed by atoms with Crippen LogP contribution in [0.25, 0.3) is 0 Å². The van der Waals surface area contributed by atoms with Crippen LogP contribution in [0.2, 0.25) is 0 Å². The van der Waals surface area contributed by atoms with Gasteiger partial charge in [0.1, 0.15) is 0 Å². The highest BCUT2D eigenvalue weighted by molar-refractivity contribution is 8.00. The summed E-state index contributed by atoms with van der Waals surface area (Å²) in [6.45, 7) is 7.25. The Morgan fingerprint density at radius 1 is 1.16 bits per heavy atom. The van der Waals surface area contributed by atoms with E-state index in [9.17, 15) is 19.2 Å². The standard InChI is InChI=1S/C22H24N2O5S2/c1-12-19(26)24-15-9-13(5-7-17(15)30-12)20(27)29-11-16(25)18-8-6-14(31-18)10-23-21(28)22(2,3)4/h5-9,12H,10-11H2,1-4H3,(H,23,28)(H,24,26). The first-order valence-electron chi connectivity index (χ1n) is 9.73. The van der Waals surface area contributed by atoms with Gasteiger partial charge in [0.25, 0.3) is 0 Å². The van der Waals surface area contributed by atoms with Crippen LogP contribution in [0.3, 0.4) is 0 Å². The van der Waals surface area contributed by atoms with E-state index in [1.807, 2.05) is 27.7 Å². The third-order valence-corrected chi connectivity index (χ3v) is 6.83. The van der Waals surface area contributed by atoms with Crippen molar-refractivity contribution in [1.29, 1.82) is 0 Å². The van der Waals surface area contributed by atoms with Gasteiger partial charge in [0.15, 0.2) is 6.61 Å². The molecule has 0 aliphatic carbocycles. The number of anilines is 1. The zero-order chi connectivity index (χ0) is 22.8. The lowest BCUT2D eigenvalue weighted by Gasteiger charge is -2.21. The van der Waals surface area contributed by atoms with E-state index < -0.39 is 11.4 Å². The van der Waals surface area contributed by atoms with Crippen molar-refractivity contribution in [2.75, 3.05) is 11.9 Å². The van der Waals surface area contributed by atoms with Crippen LogP contribution in [0.4, 0.5) is 5.69 Å². The number of rotatable bonds is 6. The number of ketones is 1. The number of hydrogen-bond acceptors (Lipinski definition) is 7. The molecule has 1 atom stereocenters. The topological polar surface area (TPSA) is 102 Å². The molecular weight excluding hydrogens is 436 g/mol. The average molecular weight is 461 g/mol. The molecule has 2 amide bonds. The van der Waals surface area contributed by atoms with Crippen molar-refractivity contribution < 1.29 is 23.9 Å². The van der Waals surface area contributed by atoms with Crippen LogP contribution in [-0.2, 0) is 20.9 Å². The monoisotopic (exact) mass is 460 g/mol. The third-order valence-electron chi connectivity index (χ3n) is 4.52. The van der Waals surface area contributed by atoms with Crippen LogP contribution in [-0.4, -0.2) is 35.4 Å². The molecule has 1 aromatic carbocycles. The van der Waals surface area contributed by atoms with Gasteiger partial charge in [-0.05, 0) is 37.3 Å². The lowest BCUT2D eigenvalue weighted by atomic mass is 9.96. The Balaban J connectivity index is 1.55. The SMILES string of the molecule is CC1Sc2ccc(C(=O)OCC(=O)c3ccc(CNC(=O)C(C)(C)C)s3)cc2NC1=O. The number of hydrogen-bond donors (Lipinski definition) is 2. The number of fused-ring (bicyclic) bond motifs is 1. The van der Waals surface area contributed by atoms with Crippen LogP contribution in [0.15, 0.2) is 35.2 Å². The van der Waals surface area contributed by atoms with Crippen LogP contribution >= 0.6 is 23.1 Å². The molecule has 0 saturated heterocycles. The van der Waals surface area contributed by atoms with E-state index in [2.05, 4.69) is 10.6 Å². The summed E-state index contributed by atoms with van der Waals surface area (Å²) in [5, 5.41) is 5.41. The minimum absolute atomic E-state index is 0.0724. The Bertz CT molecular complexity index is 1040. The Labute approximate surface area is 188 Å². The van der Waals surface area contributed by atoms with Crippen molar-refractivity contribution in [2.24, 2.45) is 5.41 Å². The fraction of sp³-hybridized carbons (Fsp3) is 0.364. The second-order valence-corrected chi connectivity index (χ2v) is 10.7. The maximum absolute atomic E-state index is 12.4. The van der Waals surface area contributed by atoms with Gasteiger partial charge in [-0.3, -0.25) is 14.4 Å². The van der Waals surface area contributed by atoms with E-state index in [0.717, 1.165) is 9.77 Å². The molecule has 2 aromatic rings. The number of nitrogens with one attached hydrogen (secondary N) is 2. The molecule has 2 heterocycles. The van der Waals surface area contributed by atoms with Gasteiger partial charge >= 0.3 is 5.97 Å². The van der Waals surface area contributed by atoms with Gasteiger partial charge < -0.3 is 15.4 Å². The lowest BCUT2D eigenvalue weighted by Crippen LogP contribution is -2.34. The highest BCUT2D eigenvalue weighted by Gasteiger charge is 2.24. The average Bonchev–Trinajstić information content (AvgIpc) is 3.19. The number of carbonyl (C=O) groups excluding carboxylic acids is 4. The lowest BCUT2D eigenvalue weighted by molar-refractivity contribution is -0.128. The van der Waals surface area contributed by atoms with E-state index >= 15 is 0 Å². The molecule has 164 valence electrons. The molecule has 7 nitrogen and oxygen atoms in total. The number of esters is 1. The minimum atomic E-state index is -0.636. The van der Waals surface area contributed by atoms with Gasteiger partial charge in [-0.25, -0.2) is 4.79 Å². The van der Waals surface area contributed by atoms with Crippen molar-refractivity contribution >= 4 is 52.4 Å². The third kappa shape index (κ3) is 5.74. The summed E-state index contributed by atoms with van der Waals surface area (Å²) in [7, 11) is 0. The summed E-state index contributed by atoms with van der Waals surface area (Å²) < 4.78 is 5.16. The first kappa shape index (κ1) is 23.0. The van der Waals surface area contributed by atoms with Gasteiger partial charge in [0, 0.05) is 15.2 Å². The molecule has 1 aromatic heterocycles. The maximum Gasteiger partial charge on any atom is 0.338 e. The molecule has 3 rings (SSSR count). The van der Waals surface area contributed by atoms with E-state index in [1.165, 1.54) is 23.1 Å². The summed E-state index contributed by atoms with van der Waals surface area (Å²) in [5.74, 6) is -1.15. The van der Waals surface area contributed by atoms with Crippen molar-refractivity contribution in [2.45, 2.75) is 44.4 Å². The van der Waals surface area contributed by atoms with Gasteiger partial charge in [-0.2, -0.15) is 0 Å². The Morgan fingerprint density at radius 2 is 1.90 bits per heavy atom. The maximum atomic E-state index is 12.4. The van der Waals surface area contributed by atoms with Crippen LogP contribution in [0, 0.1) is 5.41 Å². The molecule has 9 heteroatoms. The summed E-state index contributed by atoms with van der Waals surface area (Å²) in [6, 6.07) is 8.36. The number of ether oxygens (including phenoxy) is 1. The predicted octanol–water partition coefficient (Wildman–Crippen LogP) is 3.88. The number of amides is 2. The van der Waals surface area contributed by atoms with Crippen LogP contribution in [0.5, 0.6) is 0 Å². The largest absolute Gasteiger partial charge is 0.454 e. The number of thioether (sulfide) groups is 1. The number of carbonyl (C=O) groups is 4. The summed E-state index contributed by atoms with van der Waals surface area (Å²) in [6.07, 6.45) is 0. The fourth-order valence-electron chi connectivity index (χ4n) is 2.68. The van der Waals surface area contributed by atoms with Crippen LogP contribution < -0.4 is 10.6 Å². The number of thiophene rings is 1. The normalized spacial score (nSPS) is 15.6. The molecule has 0 spiro atoms. The number of Topliss-reactive ketones (excluding diaryl/α,β-unsaturated/α-hetero) is 1. The van der Waals surface area contributed by atoms with E-state index in [0.29, 0.717) is 17.1 Å². The fourth-order valence-corrected chi connectivity index (χ4v) is 4.48. The van der Waals surface area contributed by atoms with Crippen molar-refractivity contribution in [3.63, 3.8) is 0 Å². The first-order valence-corrected chi connectivity index (χ1v) is 11.4. The van der Waals surface area contributed by atoms with Crippen molar-refractivity contribution in [3.8, 4) is 0 Å². The molecule has 31 heavy (non-hydrogen) atoms. The molecule has 1 aliphatic heterocycles. The van der Waals surface area contributed by atoms with Crippen molar-refractivity contribution in [3.05, 3.63) is 45.6 Å². The second kappa shape index (κ2) is 9.23. The first-order chi connectivity index (χ1) is 14.5. The smallest absolute Gasteiger partial charge is 0.338 e. The molecule has 0 bridgehead atoms. The summed E-state index contributed by atoms with van der Waals surface area (Å²) in [5.41, 5.74) is 0.341. The highest BCUT2D eigenvalue weighted by Crippen LogP contribution is 2.36. The van der Waals surface area contributed by atoms with Gasteiger partial charge in [0.05, 0.1) is 27.9 Å². The van der Waals surface area contributed by atoms with E-state index in [1.54, 1.807) is 30.3 Å². The Hall–Kier alpha value is -2.65. The van der Waals surface area contributed by atoms with Gasteiger partial charge in [-0.1, -0.05) is 20.8 Å². The second-order valence-electron chi connectivity index (χ2n) is 8.16. The molecular formula is C22H24N2O5S2. The molecule has 0 fully saturated rings. The predicted molar refractivity (Wildman–Crippen MR) is 121 cm³/mol. The number of benzene rings is 1. The Morgan fingerprint density at radius 3 is 2.61 bits per heavy atom. The summed E-state index contributed by atoms with van der Waals surface area (Å²) >= 11 is 2.68. The zero-order valence-corrected chi connectivity index (χ0v) is 19.4. The van der Waals surface area contributed by atoms with Crippen LogP contribution in [0.1, 0.15) is 52.6 Å². The molecule has 1 unspecified atom stereocenters. The molecule has 0 saturated carbocycles. The highest BCUT2D eigenvalue weighted by atomic mass is 32.2. The van der Waals surface area contributed by atoms with Gasteiger partial charge in [0.2, 0.25) is 17.6 Å². The summed E-state index contributed by atoms with van der Waals surface area (Å²) in [4.78, 5) is 50.7. The molecule has 2 N–H and O–H groups in total. The molecule has 0 radical (unpaired) electrons. The van der Waals surface area contributed by atoms with Crippen molar-refractivity contribution in [1.82, 2.24) is 5.32 Å².